The first-order chi connectivity index (χ1) is 20.9. The van der Waals surface area contributed by atoms with Crippen LogP contribution in [0.4, 0.5) is 4.79 Å². The molecule has 13 heteroatoms. The maximum atomic E-state index is 13.6. The highest BCUT2D eigenvalue weighted by molar-refractivity contribution is 8.14. The van der Waals surface area contributed by atoms with E-state index in [-0.39, 0.29) is 13.2 Å². The fourth-order valence-corrected chi connectivity index (χ4v) is 5.72. The molecule has 1 saturated heterocycles. The highest BCUT2D eigenvalue weighted by Gasteiger charge is 2.54. The van der Waals surface area contributed by atoms with Crippen molar-refractivity contribution in [1.82, 2.24) is 9.96 Å². The summed E-state index contributed by atoms with van der Waals surface area (Å²) in [5.41, 5.74) is 0.421. The van der Waals surface area contributed by atoms with E-state index in [1.54, 1.807) is 42.0 Å². The predicted molar refractivity (Wildman–Crippen MR) is 164 cm³/mol. The lowest BCUT2D eigenvalue weighted by Gasteiger charge is -2.42. The number of rotatable bonds is 10. The minimum atomic E-state index is -1.09. The third-order valence-corrected chi connectivity index (χ3v) is 8.20. The number of carbonyl (C=O) groups excluding carboxylic acids is 2. The van der Waals surface area contributed by atoms with Crippen LogP contribution in [-0.2, 0) is 41.8 Å². The van der Waals surface area contributed by atoms with Gasteiger partial charge in [-0.05, 0) is 56.2 Å². The van der Waals surface area contributed by atoms with Crippen molar-refractivity contribution in [3.05, 3.63) is 59.7 Å². The molecule has 0 bridgehead atoms. The number of hydrogen-bond acceptors (Lipinski definition) is 11. The molecule has 1 fully saturated rings. The van der Waals surface area contributed by atoms with Gasteiger partial charge in [-0.25, -0.2) is 9.86 Å². The number of aliphatic imine (C=N–C) groups is 1. The average Bonchev–Trinajstić information content (AvgIpc) is 3.45. The van der Waals surface area contributed by atoms with Gasteiger partial charge in [-0.15, -0.1) is 0 Å². The van der Waals surface area contributed by atoms with Crippen molar-refractivity contribution in [2.45, 2.75) is 69.4 Å². The highest BCUT2D eigenvalue weighted by atomic mass is 32.2. The molecule has 0 aliphatic carbocycles. The van der Waals surface area contributed by atoms with E-state index >= 15 is 0 Å². The van der Waals surface area contributed by atoms with Crippen LogP contribution in [0.5, 0.6) is 11.5 Å². The number of carbonyl (C=O) groups is 2. The molecule has 0 unspecified atom stereocenters. The zero-order valence-corrected chi connectivity index (χ0v) is 27.2. The van der Waals surface area contributed by atoms with Crippen molar-refractivity contribution >= 4 is 28.9 Å². The lowest BCUT2D eigenvalue weighted by molar-refractivity contribution is -0.222. The Hall–Kier alpha value is -3.36. The molecular weight excluding hydrogens is 590 g/mol. The molecule has 2 aliphatic rings. The van der Waals surface area contributed by atoms with Crippen molar-refractivity contribution < 1.29 is 42.8 Å². The fourth-order valence-electron chi connectivity index (χ4n) is 4.56. The number of thioether (sulfide) groups is 1. The maximum absolute atomic E-state index is 13.6. The van der Waals surface area contributed by atoms with Crippen molar-refractivity contribution in [3.63, 3.8) is 0 Å². The van der Waals surface area contributed by atoms with E-state index < -0.39 is 47.4 Å². The Labute approximate surface area is 262 Å². The van der Waals surface area contributed by atoms with Gasteiger partial charge in [0.25, 0.3) is 5.91 Å². The second-order valence-electron chi connectivity index (χ2n) is 11.3. The number of likely N-dealkylation sites (N-methyl/N-ethyl adjacent to an activating group) is 1. The number of amidine groups is 1. The number of benzene rings is 2. The van der Waals surface area contributed by atoms with Gasteiger partial charge in [0.1, 0.15) is 40.8 Å². The van der Waals surface area contributed by atoms with Gasteiger partial charge in [0.05, 0.1) is 34.5 Å². The summed E-state index contributed by atoms with van der Waals surface area (Å²) in [6, 6.07) is 14.3. The third kappa shape index (κ3) is 8.21. The summed E-state index contributed by atoms with van der Waals surface area (Å²) in [6.45, 7) is 5.75. The van der Waals surface area contributed by atoms with Crippen LogP contribution in [0.25, 0.3) is 0 Å². The number of methoxy groups -OCH3 is 2. The molecule has 2 aromatic carbocycles. The Bertz CT molecular complexity index is 1300. The van der Waals surface area contributed by atoms with Gasteiger partial charge in [-0.2, -0.15) is 0 Å². The van der Waals surface area contributed by atoms with Gasteiger partial charge in [0, 0.05) is 14.1 Å². The summed E-state index contributed by atoms with van der Waals surface area (Å²) < 4.78 is 35.4. The molecule has 0 aromatic heterocycles. The molecule has 5 atom stereocenters. The SMILES string of the molecule is COc1ccc(CO[C@@H]2[C@H]3N=C(N(C)C(=O)OC(C)(C)C)S[C@H]3O[C@H](C(=O)N(C)OC)[C@H]2OCc2ccc(OC)cc2)cc1. The van der Waals surface area contributed by atoms with Crippen molar-refractivity contribution in [3.8, 4) is 11.5 Å². The van der Waals surface area contributed by atoms with Crippen LogP contribution < -0.4 is 9.47 Å². The second kappa shape index (κ2) is 14.6. The lowest BCUT2D eigenvalue weighted by Crippen LogP contribution is -2.61. The van der Waals surface area contributed by atoms with Gasteiger partial charge in [-0.3, -0.25) is 19.5 Å². The topological polar surface area (TPSA) is 118 Å². The molecule has 0 spiro atoms. The molecule has 2 heterocycles. The Kier molecular flexibility index (Phi) is 11.1. The maximum Gasteiger partial charge on any atom is 0.416 e. The molecule has 2 aliphatic heterocycles. The third-order valence-electron chi connectivity index (χ3n) is 6.98. The van der Waals surface area contributed by atoms with Gasteiger partial charge >= 0.3 is 6.09 Å². The molecule has 0 radical (unpaired) electrons. The zero-order chi connectivity index (χ0) is 32.0. The smallest absolute Gasteiger partial charge is 0.416 e. The molecule has 2 aromatic rings. The number of amides is 2. The van der Waals surface area contributed by atoms with Crippen LogP contribution in [0.15, 0.2) is 53.5 Å². The number of hydrogen-bond donors (Lipinski definition) is 0. The first-order valence-electron chi connectivity index (χ1n) is 14.1. The monoisotopic (exact) mass is 631 g/mol. The molecule has 12 nitrogen and oxygen atoms in total. The average molecular weight is 632 g/mol. The van der Waals surface area contributed by atoms with Crippen LogP contribution >= 0.6 is 11.8 Å². The Morgan fingerprint density at radius 1 is 0.864 bits per heavy atom. The van der Waals surface area contributed by atoms with E-state index in [4.69, 9.17) is 38.3 Å². The van der Waals surface area contributed by atoms with Crippen molar-refractivity contribution in [2.24, 2.45) is 4.99 Å². The molecule has 240 valence electrons. The standard InChI is InChI=1S/C31H41N3O9S/c1-31(2,3)43-30(36)33(4)29-32-23-24(40-17-19-9-13-21(37-6)14-10-19)25(41-18-20-11-15-22(38-7)16-12-20)26(42-28(23)44-29)27(35)34(5)39-8/h9-16,23-26,28H,17-18H2,1-8H3/t23-,24-,25+,26+,28-/m1/s1. The molecular formula is C31H41N3O9S. The van der Waals surface area contributed by atoms with Crippen LogP contribution in [0.2, 0.25) is 0 Å². The fraction of sp³-hybridized carbons (Fsp3) is 0.516. The Morgan fingerprint density at radius 3 is 1.86 bits per heavy atom. The quantitative estimate of drug-likeness (QED) is 0.352. The Balaban J connectivity index is 1.66. The summed E-state index contributed by atoms with van der Waals surface area (Å²) in [6.07, 6.45) is -3.26. The first-order valence-corrected chi connectivity index (χ1v) is 15.0. The lowest BCUT2D eigenvalue weighted by atomic mass is 9.96. The molecule has 2 amide bonds. The van der Waals surface area contributed by atoms with Gasteiger partial charge in [-0.1, -0.05) is 36.0 Å². The number of nitrogens with zero attached hydrogens (tertiary/aromatic N) is 3. The minimum absolute atomic E-state index is 0.166. The van der Waals surface area contributed by atoms with Gasteiger partial charge < -0.3 is 28.4 Å². The predicted octanol–water partition coefficient (Wildman–Crippen LogP) is 4.26. The van der Waals surface area contributed by atoms with Gasteiger partial charge in [0.2, 0.25) is 0 Å². The first kappa shape index (κ1) is 33.5. The largest absolute Gasteiger partial charge is 0.497 e. The summed E-state index contributed by atoms with van der Waals surface area (Å²) in [7, 11) is 7.70. The second-order valence-corrected chi connectivity index (χ2v) is 12.3. The van der Waals surface area contributed by atoms with E-state index in [0.717, 1.165) is 21.9 Å². The summed E-state index contributed by atoms with van der Waals surface area (Å²) in [5.74, 6) is 0.991. The van der Waals surface area contributed by atoms with Crippen molar-refractivity contribution in [2.75, 3.05) is 35.4 Å². The van der Waals surface area contributed by atoms with Crippen molar-refractivity contribution in [1.29, 1.82) is 0 Å². The van der Waals surface area contributed by atoms with Crippen LogP contribution in [0.1, 0.15) is 31.9 Å². The minimum Gasteiger partial charge on any atom is -0.497 e. The molecule has 44 heavy (non-hydrogen) atoms. The van der Waals surface area contributed by atoms with E-state index in [0.29, 0.717) is 10.9 Å². The van der Waals surface area contributed by atoms with E-state index in [1.165, 1.54) is 30.8 Å². The van der Waals surface area contributed by atoms with Crippen LogP contribution in [0.3, 0.4) is 0 Å². The van der Waals surface area contributed by atoms with E-state index in [2.05, 4.69) is 0 Å². The molecule has 0 saturated carbocycles. The summed E-state index contributed by atoms with van der Waals surface area (Å²) in [5, 5.41) is 1.48. The molecule has 4 rings (SSSR count). The van der Waals surface area contributed by atoms with Crippen LogP contribution in [-0.4, -0.2) is 97.9 Å². The molecule has 0 N–H and O–H groups in total. The summed E-state index contributed by atoms with van der Waals surface area (Å²) >= 11 is 1.22. The van der Waals surface area contributed by atoms with E-state index in [9.17, 15) is 9.59 Å². The van der Waals surface area contributed by atoms with E-state index in [1.807, 2.05) is 48.5 Å². The van der Waals surface area contributed by atoms with Crippen LogP contribution in [0, 0.1) is 0 Å². The van der Waals surface area contributed by atoms with Gasteiger partial charge in [0.15, 0.2) is 11.3 Å². The number of ether oxygens (including phenoxy) is 6. The number of fused-ring (bicyclic) bond motifs is 1. The summed E-state index contributed by atoms with van der Waals surface area (Å²) in [4.78, 5) is 37.9. The number of hydroxylamine groups is 2. The normalized spacial score (nSPS) is 22.9. The highest BCUT2D eigenvalue weighted by Crippen LogP contribution is 2.40. The Morgan fingerprint density at radius 2 is 1.39 bits per heavy atom. The zero-order valence-electron chi connectivity index (χ0n) is 26.3.